The summed E-state index contributed by atoms with van der Waals surface area (Å²) in [7, 11) is 0. The maximum Gasteiger partial charge on any atom is 0.407 e. The number of piperidine rings is 1. The number of amides is 1. The van der Waals surface area contributed by atoms with E-state index in [0.29, 0.717) is 36.7 Å². The van der Waals surface area contributed by atoms with Gasteiger partial charge in [0.15, 0.2) is 6.33 Å². The fourth-order valence-corrected chi connectivity index (χ4v) is 2.38. The van der Waals surface area contributed by atoms with E-state index in [1.165, 1.54) is 11.2 Å². The minimum Gasteiger partial charge on any atom is -0.465 e. The van der Waals surface area contributed by atoms with Gasteiger partial charge in [-0.1, -0.05) is 5.16 Å². The number of rotatable bonds is 1. The minimum atomic E-state index is -0.832. The van der Waals surface area contributed by atoms with Crippen molar-refractivity contribution in [2.75, 3.05) is 13.1 Å². The average Bonchev–Trinajstić information content (AvgIpc) is 2.66. The normalized spacial score (nSPS) is 34.3. The minimum absolute atomic E-state index is 0.299. The van der Waals surface area contributed by atoms with Gasteiger partial charge in [0.2, 0.25) is 5.89 Å². The maximum atomic E-state index is 10.6. The molecule has 2 aliphatic rings. The van der Waals surface area contributed by atoms with Crippen molar-refractivity contribution in [2.45, 2.75) is 5.92 Å². The first kappa shape index (κ1) is 7.78. The Morgan fingerprint density at radius 1 is 1.57 bits per heavy atom. The van der Waals surface area contributed by atoms with E-state index in [9.17, 15) is 4.79 Å². The molecule has 2 fully saturated rings. The number of nitrogens with zero attached hydrogens (tertiary/aromatic N) is 3. The van der Waals surface area contributed by atoms with Crippen LogP contribution in [-0.2, 0) is 0 Å². The summed E-state index contributed by atoms with van der Waals surface area (Å²) in [4.78, 5) is 16.1. The van der Waals surface area contributed by atoms with Crippen LogP contribution in [0.25, 0.3) is 0 Å². The van der Waals surface area contributed by atoms with E-state index < -0.39 is 6.09 Å². The van der Waals surface area contributed by atoms with Crippen molar-refractivity contribution >= 4 is 6.09 Å². The van der Waals surface area contributed by atoms with Crippen molar-refractivity contribution in [3.63, 3.8) is 0 Å². The Balaban J connectivity index is 1.70. The molecule has 6 nitrogen and oxygen atoms in total. The molecule has 14 heavy (non-hydrogen) atoms. The molecular weight excluding hydrogens is 186 g/mol. The van der Waals surface area contributed by atoms with Crippen LogP contribution in [0.15, 0.2) is 10.9 Å². The van der Waals surface area contributed by atoms with Gasteiger partial charge in [-0.15, -0.1) is 0 Å². The second-order valence-electron chi connectivity index (χ2n) is 3.82. The Kier molecular flexibility index (Phi) is 1.37. The highest BCUT2D eigenvalue weighted by atomic mass is 16.5. The number of carboxylic acid groups (broad SMARTS) is 1. The van der Waals surface area contributed by atoms with Crippen LogP contribution < -0.4 is 0 Å². The summed E-state index contributed by atoms with van der Waals surface area (Å²) >= 11 is 0. The van der Waals surface area contributed by atoms with Crippen molar-refractivity contribution in [1.29, 1.82) is 0 Å². The summed E-state index contributed by atoms with van der Waals surface area (Å²) in [6.45, 7) is 1.21. The van der Waals surface area contributed by atoms with Gasteiger partial charge in [-0.3, -0.25) is 0 Å². The Hall–Kier alpha value is -1.59. The Morgan fingerprint density at radius 3 is 2.79 bits per heavy atom. The first-order valence-electron chi connectivity index (χ1n) is 4.52. The smallest absolute Gasteiger partial charge is 0.407 e. The summed E-state index contributed by atoms with van der Waals surface area (Å²) < 4.78 is 4.96. The van der Waals surface area contributed by atoms with E-state index in [-0.39, 0.29) is 0 Å². The zero-order valence-electron chi connectivity index (χ0n) is 7.33. The first-order valence-corrected chi connectivity index (χ1v) is 4.52. The van der Waals surface area contributed by atoms with E-state index in [1.54, 1.807) is 0 Å². The van der Waals surface area contributed by atoms with Crippen LogP contribution in [-0.4, -0.2) is 39.3 Å². The van der Waals surface area contributed by atoms with Gasteiger partial charge in [0, 0.05) is 19.0 Å². The number of hydrogen-bond donors (Lipinski definition) is 1. The fourth-order valence-electron chi connectivity index (χ4n) is 2.38. The van der Waals surface area contributed by atoms with Gasteiger partial charge in [0.25, 0.3) is 0 Å². The monoisotopic (exact) mass is 195 g/mol. The van der Waals surface area contributed by atoms with Gasteiger partial charge in [-0.2, -0.15) is 4.98 Å². The molecule has 1 aromatic heterocycles. The maximum absolute atomic E-state index is 10.6. The molecule has 1 N–H and O–H groups in total. The lowest BCUT2D eigenvalue weighted by molar-refractivity contribution is 0.149. The molecule has 1 aliphatic heterocycles. The Morgan fingerprint density at radius 2 is 2.29 bits per heavy atom. The summed E-state index contributed by atoms with van der Waals surface area (Å²) in [5.74, 6) is 1.75. The molecule has 74 valence electrons. The molecule has 1 aliphatic carbocycles. The van der Waals surface area contributed by atoms with Crippen molar-refractivity contribution in [3.05, 3.63) is 12.2 Å². The molecule has 1 amide bonds. The number of hydrogen-bond acceptors (Lipinski definition) is 4. The molecule has 0 spiro atoms. The largest absolute Gasteiger partial charge is 0.465 e. The average molecular weight is 195 g/mol. The van der Waals surface area contributed by atoms with Gasteiger partial charge < -0.3 is 14.5 Å². The molecule has 1 saturated heterocycles. The number of likely N-dealkylation sites (tertiary alicyclic amines) is 1. The van der Waals surface area contributed by atoms with E-state index in [2.05, 4.69) is 10.1 Å². The van der Waals surface area contributed by atoms with Crippen molar-refractivity contribution in [2.24, 2.45) is 11.8 Å². The van der Waals surface area contributed by atoms with Crippen LogP contribution in [0.4, 0.5) is 4.79 Å². The summed E-state index contributed by atoms with van der Waals surface area (Å²) in [5, 5.41) is 12.3. The second-order valence-corrected chi connectivity index (χ2v) is 3.82. The molecule has 1 saturated carbocycles. The quantitative estimate of drug-likeness (QED) is 0.701. The predicted molar refractivity (Wildman–Crippen MR) is 43.6 cm³/mol. The van der Waals surface area contributed by atoms with E-state index in [4.69, 9.17) is 9.63 Å². The Bertz CT molecular complexity index is 352. The first-order chi connectivity index (χ1) is 6.77. The zero-order chi connectivity index (χ0) is 9.71. The van der Waals surface area contributed by atoms with Crippen LogP contribution >= 0.6 is 0 Å². The standard InChI is InChI=1S/C8H9N3O3/c12-8(13)11-1-4-5(2-11)6(4)7-9-3-10-14-7/h3-6H,1-2H2,(H,12,13)/t4-,5+,6?. The number of aromatic nitrogens is 2. The number of fused-ring (bicyclic) bond motifs is 1. The molecule has 3 atom stereocenters. The second kappa shape index (κ2) is 2.46. The van der Waals surface area contributed by atoms with Gasteiger partial charge in [0.05, 0.1) is 0 Å². The van der Waals surface area contributed by atoms with Crippen molar-refractivity contribution in [3.8, 4) is 0 Å². The zero-order valence-corrected chi connectivity index (χ0v) is 7.33. The third kappa shape index (κ3) is 0.934. The van der Waals surface area contributed by atoms with E-state index in [0.717, 1.165) is 0 Å². The van der Waals surface area contributed by atoms with Crippen LogP contribution in [0.2, 0.25) is 0 Å². The molecule has 0 radical (unpaired) electrons. The third-order valence-electron chi connectivity index (χ3n) is 3.13. The van der Waals surface area contributed by atoms with Crippen LogP contribution in [0.5, 0.6) is 0 Å². The van der Waals surface area contributed by atoms with E-state index in [1.807, 2.05) is 0 Å². The summed E-state index contributed by atoms with van der Waals surface area (Å²) in [6, 6.07) is 0. The van der Waals surface area contributed by atoms with Crippen molar-refractivity contribution < 1.29 is 14.4 Å². The molecule has 1 aromatic rings. The Labute approximate surface area is 79.5 Å². The fraction of sp³-hybridized carbons (Fsp3) is 0.625. The predicted octanol–water partition coefficient (Wildman–Crippen LogP) is 0.393. The summed E-state index contributed by atoms with van der Waals surface area (Å²) in [5.41, 5.74) is 0. The van der Waals surface area contributed by atoms with Crippen LogP contribution in [0.1, 0.15) is 11.8 Å². The van der Waals surface area contributed by atoms with Crippen LogP contribution in [0, 0.1) is 11.8 Å². The summed E-state index contributed by atoms with van der Waals surface area (Å²) in [6.07, 6.45) is 0.555. The highest BCUT2D eigenvalue weighted by Gasteiger charge is 2.59. The molecular formula is C8H9N3O3. The highest BCUT2D eigenvalue weighted by Crippen LogP contribution is 2.57. The SMILES string of the molecule is O=C(O)N1C[C@@H]2C(c3ncno3)[C@@H]2C1. The topological polar surface area (TPSA) is 79.5 Å². The lowest BCUT2D eigenvalue weighted by Gasteiger charge is -2.14. The van der Waals surface area contributed by atoms with Gasteiger partial charge in [-0.05, 0) is 11.8 Å². The highest BCUT2D eigenvalue weighted by molar-refractivity contribution is 5.66. The molecule has 6 heteroatoms. The molecule has 0 bridgehead atoms. The lowest BCUT2D eigenvalue weighted by Crippen LogP contribution is -2.29. The lowest BCUT2D eigenvalue weighted by atomic mass is 10.2. The molecule has 2 heterocycles. The molecule has 0 aromatic carbocycles. The third-order valence-corrected chi connectivity index (χ3v) is 3.13. The van der Waals surface area contributed by atoms with Crippen molar-refractivity contribution in [1.82, 2.24) is 15.0 Å². The molecule has 3 rings (SSSR count). The van der Waals surface area contributed by atoms with Crippen LogP contribution in [0.3, 0.4) is 0 Å². The van der Waals surface area contributed by atoms with Gasteiger partial charge in [-0.25, -0.2) is 4.79 Å². The number of carbonyl (C=O) groups is 1. The molecule has 1 unspecified atom stereocenters. The van der Waals surface area contributed by atoms with Gasteiger partial charge in [0.1, 0.15) is 0 Å². The van der Waals surface area contributed by atoms with Gasteiger partial charge >= 0.3 is 6.09 Å². The van der Waals surface area contributed by atoms with E-state index >= 15 is 0 Å².